The number of sulfonamides is 1. The maximum Gasteiger partial charge on any atom is 0.427 e. The summed E-state index contributed by atoms with van der Waals surface area (Å²) in [6.45, 7) is 4.01. The first-order chi connectivity index (χ1) is 18.3. The van der Waals surface area contributed by atoms with Crippen LogP contribution in [-0.4, -0.2) is 59.8 Å². The van der Waals surface area contributed by atoms with Crippen LogP contribution in [0.1, 0.15) is 53.0 Å². The molecule has 0 spiro atoms. The molecule has 220 valence electrons. The molecule has 1 fully saturated rings. The van der Waals surface area contributed by atoms with Crippen molar-refractivity contribution in [3.05, 3.63) is 29.5 Å². The average molecular weight is 609 g/mol. The summed E-state index contributed by atoms with van der Waals surface area (Å²) >= 11 is 6.22. The topological polar surface area (TPSA) is 140 Å². The number of carbonyl (C=O) groups is 2. The summed E-state index contributed by atoms with van der Waals surface area (Å²) in [6, 6.07) is 3.84. The van der Waals surface area contributed by atoms with Crippen LogP contribution in [0.2, 0.25) is 5.15 Å². The minimum atomic E-state index is -4.83. The first kappa shape index (κ1) is 29.8. The van der Waals surface area contributed by atoms with Crippen LogP contribution in [0.5, 0.6) is 5.75 Å². The molecule has 11 nitrogen and oxygen atoms in total. The summed E-state index contributed by atoms with van der Waals surface area (Å²) in [5.41, 5.74) is -4.17. The number of nitrogens with zero attached hydrogens (tertiary/aromatic N) is 3. The van der Waals surface area contributed by atoms with Crippen LogP contribution in [0, 0.1) is 5.41 Å². The molecule has 1 atom stereocenters. The molecule has 1 aromatic carbocycles. The van der Waals surface area contributed by atoms with Crippen molar-refractivity contribution in [3.8, 4) is 5.75 Å². The van der Waals surface area contributed by atoms with E-state index in [0.717, 1.165) is 17.1 Å². The van der Waals surface area contributed by atoms with Crippen molar-refractivity contribution in [3.63, 3.8) is 0 Å². The molecule has 40 heavy (non-hydrogen) atoms. The van der Waals surface area contributed by atoms with Gasteiger partial charge in [-0.25, -0.2) is 13.2 Å². The molecule has 4 rings (SSSR count). The molecule has 1 saturated carbocycles. The number of halogens is 4. The van der Waals surface area contributed by atoms with Crippen LogP contribution in [0.15, 0.2) is 29.3 Å². The molecule has 1 aliphatic heterocycles. The number of carboxylic acid groups (broad SMARTS) is 1. The lowest BCUT2D eigenvalue weighted by Crippen LogP contribution is -2.46. The van der Waals surface area contributed by atoms with Gasteiger partial charge in [0.25, 0.3) is 10.0 Å². The summed E-state index contributed by atoms with van der Waals surface area (Å²) in [7, 11) is -4.40. The van der Waals surface area contributed by atoms with Crippen LogP contribution in [0.3, 0.4) is 0 Å². The molecular formula is C24H28ClF3N4O7S. The number of aliphatic carboxylic acids is 1. The molecule has 0 saturated heterocycles. The second-order valence-electron chi connectivity index (χ2n) is 10.9. The van der Waals surface area contributed by atoms with Gasteiger partial charge in [-0.3, -0.25) is 19.1 Å². The maximum atomic E-state index is 13.9. The first-order valence-corrected chi connectivity index (χ1v) is 14.0. The number of rotatable bonds is 8. The zero-order chi connectivity index (χ0) is 29.8. The number of amides is 1. The molecule has 2 N–H and O–H groups in total. The van der Waals surface area contributed by atoms with Gasteiger partial charge in [0.2, 0.25) is 5.60 Å². The fourth-order valence-corrected chi connectivity index (χ4v) is 5.91. The normalized spacial score (nSPS) is 18.1. The molecule has 0 radical (unpaired) electrons. The predicted octanol–water partition coefficient (Wildman–Crippen LogP) is 5.22. The van der Waals surface area contributed by atoms with Crippen molar-refractivity contribution >= 4 is 45.1 Å². The molecule has 2 aliphatic rings. The summed E-state index contributed by atoms with van der Waals surface area (Å²) in [5.74, 6) is -1.06. The minimum Gasteiger partial charge on any atom is -0.486 e. The van der Waals surface area contributed by atoms with Crippen molar-refractivity contribution in [2.45, 2.75) is 75.8 Å². The molecule has 1 aliphatic carbocycles. The van der Waals surface area contributed by atoms with E-state index in [0.29, 0.717) is 13.8 Å². The van der Waals surface area contributed by atoms with Crippen molar-refractivity contribution in [2.24, 2.45) is 5.41 Å². The van der Waals surface area contributed by atoms with Crippen molar-refractivity contribution in [2.75, 3.05) is 16.2 Å². The van der Waals surface area contributed by atoms with Gasteiger partial charge >= 0.3 is 18.2 Å². The van der Waals surface area contributed by atoms with Gasteiger partial charge in [-0.1, -0.05) is 11.6 Å². The van der Waals surface area contributed by atoms with E-state index >= 15 is 0 Å². The van der Waals surface area contributed by atoms with Crippen molar-refractivity contribution in [1.29, 1.82) is 0 Å². The number of ether oxygens (including phenoxy) is 2. The Hall–Kier alpha value is -3.20. The Bertz CT molecular complexity index is 1440. The Kier molecular flexibility index (Phi) is 7.45. The van der Waals surface area contributed by atoms with Gasteiger partial charge < -0.3 is 14.6 Å². The quantitative estimate of drug-likeness (QED) is 0.416. The number of alkyl halides is 3. The monoisotopic (exact) mass is 608 g/mol. The summed E-state index contributed by atoms with van der Waals surface area (Å²) in [4.78, 5) is 23.7. The number of nitrogens with one attached hydrogen (secondary N) is 1. The summed E-state index contributed by atoms with van der Waals surface area (Å²) in [6.07, 6.45) is -4.23. The van der Waals surface area contributed by atoms with Gasteiger partial charge in [0.15, 0.2) is 5.15 Å². The Morgan fingerprint density at radius 3 is 2.45 bits per heavy atom. The SMILES string of the molecule is CC(C)(C[C@H]1CN(S(=O)(=O)c2cn(C3CC3)nc2Cl)c2cc(NC(=O)OC(C)(C)C(F)(F)F)ccc2O1)C(=O)O. The standard InChI is InChI=1S/C24H28ClF3N4O7S/c1-22(2,20(33)34)10-15-11-32(40(36,37)18-12-31(14-6-7-14)30-19(18)25)16-9-13(5-8-17(16)38-15)29-21(35)39-23(3,4)24(26,27)28/h5,8-9,12,14-15H,6-7,10-11H2,1-4H3,(H,29,35)(H,33,34)/t15-/m0/s1. The molecule has 2 aromatic rings. The third-order valence-electron chi connectivity index (χ3n) is 6.63. The maximum absolute atomic E-state index is 13.9. The molecule has 0 unspecified atom stereocenters. The summed E-state index contributed by atoms with van der Waals surface area (Å²) < 4.78 is 80.1. The average Bonchev–Trinajstić information content (AvgIpc) is 3.58. The number of carbonyl (C=O) groups excluding carboxylic acids is 1. The molecular weight excluding hydrogens is 581 g/mol. The highest BCUT2D eigenvalue weighted by molar-refractivity contribution is 7.93. The fourth-order valence-electron chi connectivity index (χ4n) is 3.98. The van der Waals surface area contributed by atoms with Crippen molar-refractivity contribution < 1.29 is 45.8 Å². The highest BCUT2D eigenvalue weighted by Gasteiger charge is 2.51. The first-order valence-electron chi connectivity index (χ1n) is 12.2. The predicted molar refractivity (Wildman–Crippen MR) is 137 cm³/mol. The second-order valence-corrected chi connectivity index (χ2v) is 13.1. The molecule has 1 amide bonds. The number of aromatic nitrogens is 2. The zero-order valence-corrected chi connectivity index (χ0v) is 23.5. The van der Waals surface area contributed by atoms with Gasteiger partial charge in [-0.15, -0.1) is 0 Å². The number of fused-ring (bicyclic) bond motifs is 1. The van der Waals surface area contributed by atoms with Crippen LogP contribution in [0.4, 0.5) is 29.3 Å². The van der Waals surface area contributed by atoms with E-state index < -0.39 is 45.4 Å². The number of carboxylic acids is 1. The van der Waals surface area contributed by atoms with Crippen molar-refractivity contribution in [1.82, 2.24) is 9.78 Å². The van der Waals surface area contributed by atoms with E-state index in [1.54, 1.807) is 0 Å². The minimum absolute atomic E-state index is 0.0327. The van der Waals surface area contributed by atoms with E-state index in [9.17, 15) is 36.3 Å². The van der Waals surface area contributed by atoms with Gasteiger partial charge in [0, 0.05) is 18.3 Å². The van der Waals surface area contributed by atoms with Crippen LogP contribution >= 0.6 is 11.6 Å². The van der Waals surface area contributed by atoms with Crippen LogP contribution in [-0.2, 0) is 19.6 Å². The Balaban J connectivity index is 1.70. The number of hydrogen-bond acceptors (Lipinski definition) is 7. The molecule has 0 bridgehead atoms. The lowest BCUT2D eigenvalue weighted by Gasteiger charge is -2.37. The van der Waals surface area contributed by atoms with Gasteiger partial charge in [0.1, 0.15) is 16.7 Å². The third-order valence-corrected chi connectivity index (χ3v) is 8.80. The third kappa shape index (κ3) is 5.94. The van der Waals surface area contributed by atoms with Crippen LogP contribution in [0.25, 0.3) is 0 Å². The lowest BCUT2D eigenvalue weighted by atomic mass is 9.86. The second kappa shape index (κ2) is 10.0. The summed E-state index contributed by atoms with van der Waals surface area (Å²) in [5, 5.41) is 15.6. The van der Waals surface area contributed by atoms with E-state index in [1.165, 1.54) is 42.9 Å². The van der Waals surface area contributed by atoms with E-state index in [-0.39, 0.29) is 46.2 Å². The Morgan fingerprint density at radius 1 is 1.23 bits per heavy atom. The number of hydrogen-bond donors (Lipinski definition) is 2. The highest BCUT2D eigenvalue weighted by Crippen LogP contribution is 2.43. The van der Waals surface area contributed by atoms with Gasteiger partial charge in [0.05, 0.1) is 23.7 Å². The zero-order valence-electron chi connectivity index (χ0n) is 22.0. The van der Waals surface area contributed by atoms with Gasteiger partial charge in [-0.05, 0) is 58.7 Å². The smallest absolute Gasteiger partial charge is 0.427 e. The lowest BCUT2D eigenvalue weighted by molar-refractivity contribution is -0.242. The molecule has 1 aromatic heterocycles. The Labute approximate surface area is 233 Å². The van der Waals surface area contributed by atoms with E-state index in [1.807, 2.05) is 0 Å². The van der Waals surface area contributed by atoms with Gasteiger partial charge in [-0.2, -0.15) is 18.3 Å². The highest BCUT2D eigenvalue weighted by atomic mass is 35.5. The van der Waals surface area contributed by atoms with E-state index in [4.69, 9.17) is 16.3 Å². The number of anilines is 2. The van der Waals surface area contributed by atoms with E-state index in [2.05, 4.69) is 15.2 Å². The fraction of sp³-hybridized carbons (Fsp3) is 0.542. The number of benzene rings is 1. The Morgan fingerprint density at radius 2 is 1.88 bits per heavy atom. The molecule has 16 heteroatoms. The van der Waals surface area contributed by atoms with Crippen LogP contribution < -0.4 is 14.4 Å². The molecule has 2 heterocycles. The largest absolute Gasteiger partial charge is 0.486 e.